The van der Waals surface area contributed by atoms with Gasteiger partial charge in [-0.25, -0.2) is 9.07 Å². The molecule has 9 heteroatoms. The highest BCUT2D eigenvalue weighted by molar-refractivity contribution is 7.99. The summed E-state index contributed by atoms with van der Waals surface area (Å²) >= 11 is 1.72. The van der Waals surface area contributed by atoms with Crippen molar-refractivity contribution in [3.63, 3.8) is 0 Å². The second-order valence-electron chi connectivity index (χ2n) is 4.65. The van der Waals surface area contributed by atoms with Crippen molar-refractivity contribution in [3.05, 3.63) is 42.5 Å². The average Bonchev–Trinajstić information content (AvgIpc) is 3.04. The first kappa shape index (κ1) is 15.5. The van der Waals surface area contributed by atoms with E-state index in [1.807, 2.05) is 24.3 Å². The van der Waals surface area contributed by atoms with Crippen LogP contribution in [-0.4, -0.2) is 47.8 Å². The number of rotatable bonds is 7. The minimum Gasteiger partial charge on any atom is -0.250 e. The summed E-state index contributed by atoms with van der Waals surface area (Å²) in [5, 5.41) is 23.2. The Balaban J connectivity index is 1.52. The van der Waals surface area contributed by atoms with Crippen LogP contribution >= 0.6 is 11.8 Å². The Bertz CT molecular complexity index is 732. The molecule has 118 valence electrons. The van der Waals surface area contributed by atoms with Gasteiger partial charge in [0.1, 0.15) is 6.67 Å². The first-order chi connectivity index (χ1) is 11.3. The Morgan fingerprint density at radius 1 is 1.04 bits per heavy atom. The predicted octanol–water partition coefficient (Wildman–Crippen LogP) is 1.83. The number of aryl methyl sites for hydroxylation is 2. The van der Waals surface area contributed by atoms with Crippen LogP contribution < -0.4 is 0 Å². The smallest absolute Gasteiger partial charge is 0.203 e. The Labute approximate surface area is 136 Å². The molecule has 0 unspecified atom stereocenters. The maximum absolute atomic E-state index is 12.2. The number of alkyl halides is 1. The number of benzene rings is 1. The summed E-state index contributed by atoms with van der Waals surface area (Å²) in [6.07, 6.45) is 3.88. The van der Waals surface area contributed by atoms with Gasteiger partial charge in [0.05, 0.1) is 12.2 Å². The van der Waals surface area contributed by atoms with E-state index < -0.39 is 6.67 Å². The average molecular weight is 331 g/mol. The lowest BCUT2D eigenvalue weighted by atomic mass is 10.2. The summed E-state index contributed by atoms with van der Waals surface area (Å²) in [6, 6.07) is 7.91. The molecule has 0 saturated heterocycles. The first-order valence-corrected chi connectivity index (χ1v) is 8.02. The molecular weight excluding hydrogens is 317 g/mol. The Kier molecular flexibility index (Phi) is 5.20. The van der Waals surface area contributed by atoms with Gasteiger partial charge < -0.3 is 0 Å². The molecule has 0 amide bonds. The molecule has 0 fully saturated rings. The molecule has 0 atom stereocenters. The molecule has 3 aromatic rings. The number of thioether (sulfide) groups is 1. The molecule has 0 aliphatic heterocycles. The highest BCUT2D eigenvalue weighted by atomic mass is 32.2. The van der Waals surface area contributed by atoms with Crippen molar-refractivity contribution in [3.8, 4) is 11.4 Å². The van der Waals surface area contributed by atoms with Crippen LogP contribution in [0.15, 0.2) is 41.7 Å². The van der Waals surface area contributed by atoms with Crippen molar-refractivity contribution in [2.45, 2.75) is 17.9 Å². The number of halogens is 1. The molecule has 0 N–H and O–H groups in total. The van der Waals surface area contributed by atoms with Crippen molar-refractivity contribution in [2.75, 3.05) is 12.4 Å². The van der Waals surface area contributed by atoms with Gasteiger partial charge in [-0.05, 0) is 24.3 Å². The van der Waals surface area contributed by atoms with Crippen LogP contribution in [0, 0.1) is 0 Å². The van der Waals surface area contributed by atoms with E-state index in [9.17, 15) is 4.39 Å². The van der Waals surface area contributed by atoms with E-state index in [1.165, 1.54) is 11.0 Å². The van der Waals surface area contributed by atoms with E-state index in [0.717, 1.165) is 28.3 Å². The zero-order valence-electron chi connectivity index (χ0n) is 12.2. The van der Waals surface area contributed by atoms with Gasteiger partial charge in [-0.3, -0.25) is 0 Å². The van der Waals surface area contributed by atoms with E-state index in [0.29, 0.717) is 5.82 Å². The van der Waals surface area contributed by atoms with Crippen LogP contribution in [0.25, 0.3) is 11.4 Å². The third kappa shape index (κ3) is 4.28. The minimum absolute atomic E-state index is 0.257. The van der Waals surface area contributed by atoms with Crippen molar-refractivity contribution in [2.24, 2.45) is 0 Å². The topological polar surface area (TPSA) is 82.3 Å². The lowest BCUT2D eigenvalue weighted by Gasteiger charge is -2.02. The number of aromatic nitrogens is 7. The van der Waals surface area contributed by atoms with Gasteiger partial charge in [-0.15, -0.1) is 37.3 Å². The van der Waals surface area contributed by atoms with Gasteiger partial charge >= 0.3 is 0 Å². The lowest BCUT2D eigenvalue weighted by Crippen LogP contribution is -1.99. The third-order valence-corrected chi connectivity index (χ3v) is 4.06. The Morgan fingerprint density at radius 2 is 1.83 bits per heavy atom. The maximum atomic E-state index is 12.2. The fourth-order valence-electron chi connectivity index (χ4n) is 1.94. The second kappa shape index (κ2) is 7.73. The maximum Gasteiger partial charge on any atom is 0.203 e. The van der Waals surface area contributed by atoms with Crippen molar-refractivity contribution in [1.29, 1.82) is 0 Å². The molecular formula is C14H14FN7S. The van der Waals surface area contributed by atoms with Gasteiger partial charge in [0, 0.05) is 28.8 Å². The molecule has 0 radical (unpaired) electrons. The molecule has 0 aliphatic rings. The summed E-state index contributed by atoms with van der Waals surface area (Å²) in [6.45, 7) is -0.174. The summed E-state index contributed by atoms with van der Waals surface area (Å²) in [4.78, 5) is 1.14. The number of nitrogens with zero attached hydrogens (tertiary/aromatic N) is 7. The van der Waals surface area contributed by atoms with E-state index in [-0.39, 0.29) is 6.54 Å². The molecule has 2 heterocycles. The van der Waals surface area contributed by atoms with Gasteiger partial charge in [0.25, 0.3) is 0 Å². The number of hydrogen-bond acceptors (Lipinski definition) is 7. The molecule has 0 saturated carbocycles. The van der Waals surface area contributed by atoms with E-state index in [4.69, 9.17) is 0 Å². The molecule has 0 spiro atoms. The molecule has 3 rings (SSSR count). The summed E-state index contributed by atoms with van der Waals surface area (Å²) < 4.78 is 13.7. The fraction of sp³-hybridized carbons (Fsp3) is 0.286. The molecule has 2 aromatic heterocycles. The minimum atomic E-state index is -0.430. The van der Waals surface area contributed by atoms with Crippen LogP contribution in [0.5, 0.6) is 0 Å². The van der Waals surface area contributed by atoms with Gasteiger partial charge in [-0.1, -0.05) is 5.21 Å². The molecule has 1 aromatic carbocycles. The second-order valence-corrected chi connectivity index (χ2v) is 5.82. The fourth-order valence-corrected chi connectivity index (χ4v) is 2.82. The highest BCUT2D eigenvalue weighted by Gasteiger charge is 2.04. The molecule has 7 nitrogen and oxygen atoms in total. The Morgan fingerprint density at radius 3 is 2.57 bits per heavy atom. The summed E-state index contributed by atoms with van der Waals surface area (Å²) in [5.41, 5.74) is 1.75. The predicted molar refractivity (Wildman–Crippen MR) is 83.5 cm³/mol. The van der Waals surface area contributed by atoms with Crippen molar-refractivity contribution >= 4 is 11.8 Å². The molecule has 0 aliphatic carbocycles. The third-order valence-electron chi connectivity index (χ3n) is 3.05. The van der Waals surface area contributed by atoms with Crippen LogP contribution in [0.4, 0.5) is 4.39 Å². The zero-order chi connectivity index (χ0) is 15.9. The van der Waals surface area contributed by atoms with Crippen molar-refractivity contribution in [1.82, 2.24) is 35.4 Å². The van der Waals surface area contributed by atoms with E-state index >= 15 is 0 Å². The summed E-state index contributed by atoms with van der Waals surface area (Å²) in [5.74, 6) is 1.38. The standard InChI is InChI=1S/C14H14FN7S/c15-6-7-22-9-12(18-21-22)5-8-23-13-3-1-11(2-4-13)14-19-16-10-17-20-14/h1-4,9-10H,5-8H2. The van der Waals surface area contributed by atoms with Crippen LogP contribution in [0.1, 0.15) is 5.69 Å². The van der Waals surface area contributed by atoms with Crippen LogP contribution in [0.2, 0.25) is 0 Å². The molecule has 0 bridgehead atoms. The van der Waals surface area contributed by atoms with Gasteiger partial charge in [-0.2, -0.15) is 0 Å². The van der Waals surface area contributed by atoms with Crippen LogP contribution in [-0.2, 0) is 13.0 Å². The van der Waals surface area contributed by atoms with E-state index in [2.05, 4.69) is 30.7 Å². The van der Waals surface area contributed by atoms with E-state index in [1.54, 1.807) is 18.0 Å². The number of hydrogen-bond donors (Lipinski definition) is 0. The summed E-state index contributed by atoms with van der Waals surface area (Å²) in [7, 11) is 0. The zero-order valence-corrected chi connectivity index (χ0v) is 13.0. The Hall–Kier alpha value is -2.42. The molecule has 23 heavy (non-hydrogen) atoms. The largest absolute Gasteiger partial charge is 0.250 e. The highest BCUT2D eigenvalue weighted by Crippen LogP contribution is 2.22. The first-order valence-electron chi connectivity index (χ1n) is 7.04. The lowest BCUT2D eigenvalue weighted by molar-refractivity contribution is 0.422. The quantitative estimate of drug-likeness (QED) is 0.611. The monoisotopic (exact) mass is 331 g/mol. The normalized spacial score (nSPS) is 10.8. The van der Waals surface area contributed by atoms with Gasteiger partial charge in [0.15, 0.2) is 6.33 Å². The van der Waals surface area contributed by atoms with Crippen molar-refractivity contribution < 1.29 is 4.39 Å². The van der Waals surface area contributed by atoms with Gasteiger partial charge in [0.2, 0.25) is 5.82 Å². The van der Waals surface area contributed by atoms with Crippen LogP contribution in [0.3, 0.4) is 0 Å². The SMILES string of the molecule is FCCn1cc(CCSc2ccc(-c3nncnn3)cc2)nn1.